The van der Waals surface area contributed by atoms with Gasteiger partial charge in [-0.2, -0.15) is 0 Å². The molecule has 1 aromatic rings. The van der Waals surface area contributed by atoms with Crippen molar-refractivity contribution in [2.24, 2.45) is 5.92 Å². The Labute approximate surface area is 102 Å². The van der Waals surface area contributed by atoms with Gasteiger partial charge in [-0.05, 0) is 5.56 Å². The first-order valence-corrected chi connectivity index (χ1v) is 6.14. The first kappa shape index (κ1) is 12.1. The highest BCUT2D eigenvalue weighted by Crippen LogP contribution is 2.22. The third kappa shape index (κ3) is 2.86. The van der Waals surface area contributed by atoms with Crippen molar-refractivity contribution in [1.82, 2.24) is 4.90 Å². The molecule has 92 valence electrons. The smallest absolute Gasteiger partial charge is 0.225 e. The molecule has 1 saturated heterocycles. The van der Waals surface area contributed by atoms with Crippen LogP contribution < -0.4 is 0 Å². The van der Waals surface area contributed by atoms with Gasteiger partial charge < -0.3 is 9.64 Å². The lowest BCUT2D eigenvalue weighted by Gasteiger charge is -2.34. The van der Waals surface area contributed by atoms with Crippen LogP contribution in [-0.2, 0) is 9.53 Å². The summed E-state index contributed by atoms with van der Waals surface area (Å²) in [6.45, 7) is 5.88. The van der Waals surface area contributed by atoms with Crippen molar-refractivity contribution in [2.75, 3.05) is 19.7 Å². The van der Waals surface area contributed by atoms with Gasteiger partial charge in [0.05, 0.1) is 13.2 Å². The first-order valence-electron chi connectivity index (χ1n) is 6.14. The highest BCUT2D eigenvalue weighted by molar-refractivity contribution is 5.78. The van der Waals surface area contributed by atoms with Crippen LogP contribution in [0.4, 0.5) is 0 Å². The van der Waals surface area contributed by atoms with E-state index in [1.165, 1.54) is 0 Å². The van der Waals surface area contributed by atoms with Gasteiger partial charge in [0.25, 0.3) is 0 Å². The summed E-state index contributed by atoms with van der Waals surface area (Å²) >= 11 is 0. The maximum atomic E-state index is 11.9. The summed E-state index contributed by atoms with van der Waals surface area (Å²) in [4.78, 5) is 13.9. The Morgan fingerprint density at radius 1 is 1.35 bits per heavy atom. The van der Waals surface area contributed by atoms with E-state index in [0.29, 0.717) is 19.7 Å². The lowest BCUT2D eigenvalue weighted by Crippen LogP contribution is -2.44. The Bertz CT molecular complexity index is 375. The molecule has 3 nitrogen and oxygen atoms in total. The van der Waals surface area contributed by atoms with Crippen molar-refractivity contribution >= 4 is 5.91 Å². The number of hydrogen-bond donors (Lipinski definition) is 0. The highest BCUT2D eigenvalue weighted by atomic mass is 16.5. The third-order valence-corrected chi connectivity index (χ3v) is 3.04. The molecule has 0 aliphatic carbocycles. The van der Waals surface area contributed by atoms with Gasteiger partial charge in [0, 0.05) is 12.5 Å². The summed E-state index contributed by atoms with van der Waals surface area (Å²) in [5.74, 6) is 0.277. The van der Waals surface area contributed by atoms with Crippen LogP contribution in [-0.4, -0.2) is 30.5 Å². The van der Waals surface area contributed by atoms with Gasteiger partial charge in [-0.1, -0.05) is 44.2 Å². The molecule has 1 fully saturated rings. The lowest BCUT2D eigenvalue weighted by molar-refractivity contribution is -0.142. The fraction of sp³-hybridized carbons (Fsp3) is 0.500. The summed E-state index contributed by atoms with van der Waals surface area (Å²) < 4.78 is 5.73. The number of nitrogens with zero attached hydrogens (tertiary/aromatic N) is 1. The minimum atomic E-state index is 0.0210. The Balaban J connectivity index is 2.05. The van der Waals surface area contributed by atoms with Crippen LogP contribution >= 0.6 is 0 Å². The number of carbonyl (C=O) groups excluding carboxylic acids is 1. The summed E-state index contributed by atoms with van der Waals surface area (Å²) in [6.07, 6.45) is 0.0210. The average Bonchev–Trinajstić information content (AvgIpc) is 2.39. The predicted octanol–water partition coefficient (Wildman–Crippen LogP) is 2.24. The SMILES string of the molecule is CC(C)C(=O)N1CCO[C@H](c2ccccc2)C1. The molecule has 0 bridgehead atoms. The van der Waals surface area contributed by atoms with E-state index in [1.54, 1.807) is 0 Å². The van der Waals surface area contributed by atoms with Crippen LogP contribution in [0.5, 0.6) is 0 Å². The van der Waals surface area contributed by atoms with Gasteiger partial charge in [-0.15, -0.1) is 0 Å². The van der Waals surface area contributed by atoms with Crippen molar-refractivity contribution in [1.29, 1.82) is 0 Å². The fourth-order valence-corrected chi connectivity index (χ4v) is 2.08. The first-order chi connectivity index (χ1) is 8.18. The van der Waals surface area contributed by atoms with Crippen LogP contribution in [0, 0.1) is 5.92 Å². The van der Waals surface area contributed by atoms with E-state index in [4.69, 9.17) is 4.74 Å². The van der Waals surface area contributed by atoms with Crippen molar-refractivity contribution < 1.29 is 9.53 Å². The average molecular weight is 233 g/mol. The van der Waals surface area contributed by atoms with Crippen molar-refractivity contribution in [3.8, 4) is 0 Å². The maximum absolute atomic E-state index is 11.9. The molecule has 0 N–H and O–H groups in total. The molecule has 0 saturated carbocycles. The van der Waals surface area contributed by atoms with Gasteiger partial charge in [0.1, 0.15) is 6.10 Å². The van der Waals surface area contributed by atoms with Crippen LogP contribution in [0.15, 0.2) is 30.3 Å². The minimum absolute atomic E-state index is 0.0210. The van der Waals surface area contributed by atoms with E-state index >= 15 is 0 Å². The molecule has 0 spiro atoms. The summed E-state index contributed by atoms with van der Waals surface area (Å²) in [5.41, 5.74) is 1.15. The van der Waals surface area contributed by atoms with Crippen molar-refractivity contribution in [3.63, 3.8) is 0 Å². The topological polar surface area (TPSA) is 29.5 Å². The number of morpholine rings is 1. The zero-order valence-corrected chi connectivity index (χ0v) is 10.4. The number of hydrogen-bond acceptors (Lipinski definition) is 2. The molecule has 2 rings (SSSR count). The number of rotatable bonds is 2. The maximum Gasteiger partial charge on any atom is 0.225 e. The van der Waals surface area contributed by atoms with Crippen LogP contribution in [0.2, 0.25) is 0 Å². The van der Waals surface area contributed by atoms with Crippen molar-refractivity contribution in [2.45, 2.75) is 20.0 Å². The molecule has 1 heterocycles. The molecular formula is C14H19NO2. The van der Waals surface area contributed by atoms with Crippen LogP contribution in [0.1, 0.15) is 25.5 Å². The Morgan fingerprint density at radius 2 is 2.06 bits per heavy atom. The Morgan fingerprint density at radius 3 is 2.71 bits per heavy atom. The van der Waals surface area contributed by atoms with E-state index in [0.717, 1.165) is 5.56 Å². The molecule has 1 aliphatic heterocycles. The standard InChI is InChI=1S/C14H19NO2/c1-11(2)14(16)15-8-9-17-13(10-15)12-6-4-3-5-7-12/h3-7,11,13H,8-10H2,1-2H3/t13-/m0/s1. The van der Waals surface area contributed by atoms with Crippen LogP contribution in [0.3, 0.4) is 0 Å². The van der Waals surface area contributed by atoms with E-state index < -0.39 is 0 Å². The van der Waals surface area contributed by atoms with Gasteiger partial charge in [0.2, 0.25) is 5.91 Å². The Hall–Kier alpha value is -1.35. The zero-order valence-electron chi connectivity index (χ0n) is 10.4. The van der Waals surface area contributed by atoms with E-state index in [-0.39, 0.29) is 17.9 Å². The monoisotopic (exact) mass is 233 g/mol. The number of amides is 1. The van der Waals surface area contributed by atoms with E-state index in [2.05, 4.69) is 0 Å². The third-order valence-electron chi connectivity index (χ3n) is 3.04. The molecular weight excluding hydrogens is 214 g/mol. The molecule has 1 aliphatic rings. The fourth-order valence-electron chi connectivity index (χ4n) is 2.08. The molecule has 17 heavy (non-hydrogen) atoms. The van der Waals surface area contributed by atoms with Gasteiger partial charge in [-0.25, -0.2) is 0 Å². The van der Waals surface area contributed by atoms with Gasteiger partial charge in [0.15, 0.2) is 0 Å². The zero-order chi connectivity index (χ0) is 12.3. The Kier molecular flexibility index (Phi) is 3.79. The van der Waals surface area contributed by atoms with E-state index in [1.807, 2.05) is 49.1 Å². The number of ether oxygens (including phenoxy) is 1. The second-order valence-electron chi connectivity index (χ2n) is 4.71. The predicted molar refractivity (Wildman–Crippen MR) is 66.6 cm³/mol. The minimum Gasteiger partial charge on any atom is -0.370 e. The molecule has 0 radical (unpaired) electrons. The molecule has 1 aromatic carbocycles. The number of benzene rings is 1. The summed E-state index contributed by atoms with van der Waals surface area (Å²) in [5, 5.41) is 0. The normalized spacial score (nSPS) is 20.6. The second-order valence-corrected chi connectivity index (χ2v) is 4.71. The van der Waals surface area contributed by atoms with Gasteiger partial charge in [-0.3, -0.25) is 4.79 Å². The summed E-state index contributed by atoms with van der Waals surface area (Å²) in [6, 6.07) is 10.1. The summed E-state index contributed by atoms with van der Waals surface area (Å²) in [7, 11) is 0. The second kappa shape index (κ2) is 5.32. The molecule has 1 atom stereocenters. The quantitative estimate of drug-likeness (QED) is 0.784. The van der Waals surface area contributed by atoms with E-state index in [9.17, 15) is 4.79 Å². The van der Waals surface area contributed by atoms with Crippen molar-refractivity contribution in [3.05, 3.63) is 35.9 Å². The van der Waals surface area contributed by atoms with Gasteiger partial charge >= 0.3 is 0 Å². The highest BCUT2D eigenvalue weighted by Gasteiger charge is 2.26. The lowest BCUT2D eigenvalue weighted by atomic mass is 10.1. The largest absolute Gasteiger partial charge is 0.370 e. The molecule has 3 heteroatoms. The van der Waals surface area contributed by atoms with Crippen LogP contribution in [0.25, 0.3) is 0 Å². The molecule has 0 unspecified atom stereocenters. The molecule has 0 aromatic heterocycles. The molecule has 1 amide bonds. The number of carbonyl (C=O) groups is 1.